The van der Waals surface area contributed by atoms with Crippen molar-refractivity contribution >= 4 is 49.8 Å². The van der Waals surface area contributed by atoms with E-state index in [1.807, 2.05) is 0 Å². The molecule has 0 saturated carbocycles. The third kappa shape index (κ3) is 6.36. The molecule has 3 aromatic rings. The Morgan fingerprint density at radius 1 is 1.21 bits per heavy atom. The Bertz CT molecular complexity index is 1280. The van der Waals surface area contributed by atoms with E-state index in [1.54, 1.807) is 25.1 Å². The second kappa shape index (κ2) is 10.6. The Morgan fingerprint density at radius 3 is 2.56 bits per heavy atom. The van der Waals surface area contributed by atoms with Crippen LogP contribution in [0, 0.1) is 6.92 Å². The van der Waals surface area contributed by atoms with Crippen molar-refractivity contribution < 1.29 is 26.4 Å². The molecule has 1 heterocycles. The van der Waals surface area contributed by atoms with Crippen molar-refractivity contribution in [2.45, 2.75) is 22.3 Å². The van der Waals surface area contributed by atoms with E-state index in [0.29, 0.717) is 20.5 Å². The summed E-state index contributed by atoms with van der Waals surface area (Å²) < 4.78 is 67.7. The number of carbonyl (C=O) groups is 1. The molecule has 180 valence electrons. The monoisotopic (exact) mass is 528 g/mol. The van der Waals surface area contributed by atoms with Crippen molar-refractivity contribution in [1.29, 1.82) is 0 Å². The van der Waals surface area contributed by atoms with Gasteiger partial charge in [-0.25, -0.2) is 8.42 Å². The summed E-state index contributed by atoms with van der Waals surface area (Å²) in [6.45, 7) is 4.59. The van der Waals surface area contributed by atoms with Crippen molar-refractivity contribution in [3.8, 4) is 0 Å². The lowest BCUT2D eigenvalue weighted by Crippen LogP contribution is -2.38. The number of rotatable bonds is 9. The normalized spacial score (nSPS) is 11.8. The third-order valence-corrected chi connectivity index (χ3v) is 8.09. The van der Waals surface area contributed by atoms with Crippen LogP contribution < -0.4 is 9.62 Å². The van der Waals surface area contributed by atoms with Gasteiger partial charge >= 0.3 is 6.18 Å². The number of alkyl halides is 3. The van der Waals surface area contributed by atoms with Gasteiger partial charge in [-0.15, -0.1) is 16.8 Å². The fourth-order valence-corrected chi connectivity index (χ4v) is 5.67. The molecule has 3 rings (SSSR count). The first-order valence-electron chi connectivity index (χ1n) is 9.64. The Hall–Kier alpha value is -2.90. The van der Waals surface area contributed by atoms with Gasteiger partial charge in [-0.2, -0.15) is 13.2 Å². The van der Waals surface area contributed by atoms with Crippen LogP contribution in [0.5, 0.6) is 0 Å². The maximum atomic E-state index is 13.3. The lowest BCUT2D eigenvalue weighted by molar-refractivity contribution is -0.137. The molecule has 0 spiro atoms. The summed E-state index contributed by atoms with van der Waals surface area (Å²) in [6, 6.07) is 9.57. The molecular weight excluding hydrogens is 509 g/mol. The van der Waals surface area contributed by atoms with Crippen LogP contribution in [0.25, 0.3) is 0 Å². The molecule has 0 saturated heterocycles. The predicted molar refractivity (Wildman–Crippen MR) is 127 cm³/mol. The van der Waals surface area contributed by atoms with E-state index in [0.717, 1.165) is 29.0 Å². The largest absolute Gasteiger partial charge is 0.416 e. The topological polar surface area (TPSA) is 92.3 Å². The molecule has 1 amide bonds. The molecule has 0 bridgehead atoms. The summed E-state index contributed by atoms with van der Waals surface area (Å²) in [6.07, 6.45) is -3.02. The molecule has 0 unspecified atom stereocenters. The average Bonchev–Trinajstić information content (AvgIpc) is 3.22. The molecule has 1 N–H and O–H groups in total. The maximum Gasteiger partial charge on any atom is 0.416 e. The first-order chi connectivity index (χ1) is 16.0. The van der Waals surface area contributed by atoms with Crippen molar-refractivity contribution in [2.24, 2.45) is 0 Å². The summed E-state index contributed by atoms with van der Waals surface area (Å²) in [5, 5.41) is 10.3. The molecule has 0 aliphatic heterocycles. The minimum Gasteiger partial charge on any atom is -0.299 e. The van der Waals surface area contributed by atoms with Crippen LogP contribution >= 0.6 is 23.1 Å². The number of amides is 1. The van der Waals surface area contributed by atoms with Gasteiger partial charge in [-0.05, 0) is 37.3 Å². The van der Waals surface area contributed by atoms with Crippen LogP contribution in [-0.2, 0) is 21.0 Å². The smallest absolute Gasteiger partial charge is 0.299 e. The fourth-order valence-electron chi connectivity index (χ4n) is 2.73. The Balaban J connectivity index is 1.93. The molecular formula is C21H19F3N4O3S3. The maximum absolute atomic E-state index is 13.3. The summed E-state index contributed by atoms with van der Waals surface area (Å²) in [7, 11) is -4.37. The van der Waals surface area contributed by atoms with E-state index in [2.05, 4.69) is 22.1 Å². The van der Waals surface area contributed by atoms with Crippen molar-refractivity contribution in [1.82, 2.24) is 10.2 Å². The van der Waals surface area contributed by atoms with Crippen LogP contribution in [0.2, 0.25) is 0 Å². The highest BCUT2D eigenvalue weighted by Gasteiger charge is 2.33. The van der Waals surface area contributed by atoms with Gasteiger partial charge in [0.2, 0.25) is 11.0 Å². The molecule has 34 heavy (non-hydrogen) atoms. The highest BCUT2D eigenvalue weighted by molar-refractivity contribution is 8.01. The van der Waals surface area contributed by atoms with E-state index in [9.17, 15) is 26.4 Å². The van der Waals surface area contributed by atoms with E-state index >= 15 is 0 Å². The number of halogens is 3. The standard InChI is InChI=1S/C21H19F3N4O3S3/c1-3-11-32-20-27-26-19(33-20)25-18(29)13-28(16-6-4-5-15(12-16)21(22,23)24)34(30,31)17-9-7-14(2)8-10-17/h3-10,12H,1,11,13H2,2H3,(H,25,26,29). The molecule has 0 aliphatic rings. The first kappa shape index (κ1) is 25.7. The van der Waals surface area contributed by atoms with Crippen molar-refractivity contribution in [3.63, 3.8) is 0 Å². The van der Waals surface area contributed by atoms with Gasteiger partial charge in [-0.1, -0.05) is 52.9 Å². The molecule has 0 radical (unpaired) electrons. The van der Waals surface area contributed by atoms with E-state index in [4.69, 9.17) is 0 Å². The van der Waals surface area contributed by atoms with Gasteiger partial charge in [0.15, 0.2) is 4.34 Å². The fraction of sp³-hybridized carbons (Fsp3) is 0.190. The highest BCUT2D eigenvalue weighted by atomic mass is 32.2. The zero-order chi connectivity index (χ0) is 24.9. The average molecular weight is 529 g/mol. The number of carbonyl (C=O) groups excluding carboxylic acids is 1. The summed E-state index contributed by atoms with van der Waals surface area (Å²) in [5.41, 5.74) is -0.545. The number of aromatic nitrogens is 2. The van der Waals surface area contributed by atoms with Crippen LogP contribution in [-0.4, -0.2) is 36.8 Å². The number of sulfonamides is 1. The summed E-state index contributed by atoms with van der Waals surface area (Å²) >= 11 is 2.43. The number of aryl methyl sites for hydroxylation is 1. The van der Waals surface area contributed by atoms with Crippen LogP contribution in [0.4, 0.5) is 24.0 Å². The number of nitrogens with zero attached hydrogens (tertiary/aromatic N) is 3. The zero-order valence-electron chi connectivity index (χ0n) is 17.7. The lowest BCUT2D eigenvalue weighted by atomic mass is 10.2. The third-order valence-electron chi connectivity index (χ3n) is 4.34. The second-order valence-electron chi connectivity index (χ2n) is 6.89. The molecule has 0 aliphatic carbocycles. The van der Waals surface area contributed by atoms with Gasteiger partial charge in [0.1, 0.15) is 6.54 Å². The molecule has 0 atom stereocenters. The number of benzene rings is 2. The van der Waals surface area contributed by atoms with Gasteiger partial charge in [0, 0.05) is 5.75 Å². The first-order valence-corrected chi connectivity index (χ1v) is 12.9. The number of thioether (sulfide) groups is 1. The minimum absolute atomic E-state index is 0.133. The van der Waals surface area contributed by atoms with E-state index in [-0.39, 0.29) is 15.7 Å². The van der Waals surface area contributed by atoms with E-state index in [1.165, 1.54) is 30.0 Å². The zero-order valence-corrected chi connectivity index (χ0v) is 20.2. The highest BCUT2D eigenvalue weighted by Crippen LogP contribution is 2.33. The Morgan fingerprint density at radius 2 is 1.91 bits per heavy atom. The number of hydrogen-bond donors (Lipinski definition) is 1. The quantitative estimate of drug-likeness (QED) is 0.239. The van der Waals surface area contributed by atoms with Gasteiger partial charge in [0.05, 0.1) is 16.1 Å². The van der Waals surface area contributed by atoms with Crippen LogP contribution in [0.15, 0.2) is 70.4 Å². The Kier molecular flexibility index (Phi) is 8.00. The van der Waals surface area contributed by atoms with Crippen LogP contribution in [0.3, 0.4) is 0 Å². The molecule has 0 fully saturated rings. The molecule has 13 heteroatoms. The minimum atomic E-state index is -4.69. The number of nitrogens with one attached hydrogen (secondary N) is 1. The molecule has 2 aromatic carbocycles. The SMILES string of the molecule is C=CCSc1nnc(NC(=O)CN(c2cccc(C(F)(F)F)c2)S(=O)(=O)c2ccc(C)cc2)s1. The molecule has 1 aromatic heterocycles. The van der Waals surface area contributed by atoms with Crippen molar-refractivity contribution in [3.05, 3.63) is 72.3 Å². The summed E-state index contributed by atoms with van der Waals surface area (Å²) in [5.74, 6) is -0.203. The lowest BCUT2D eigenvalue weighted by Gasteiger charge is -2.24. The second-order valence-corrected chi connectivity index (χ2v) is 11.0. The van der Waals surface area contributed by atoms with Gasteiger partial charge in [0.25, 0.3) is 10.0 Å². The molecule has 7 nitrogen and oxygen atoms in total. The number of hydrogen-bond acceptors (Lipinski definition) is 7. The van der Waals surface area contributed by atoms with Crippen LogP contribution in [0.1, 0.15) is 11.1 Å². The van der Waals surface area contributed by atoms with Gasteiger partial charge in [-0.3, -0.25) is 14.4 Å². The summed E-state index contributed by atoms with van der Waals surface area (Å²) in [4.78, 5) is 12.5. The van der Waals surface area contributed by atoms with Crippen molar-refractivity contribution in [2.75, 3.05) is 21.9 Å². The van der Waals surface area contributed by atoms with E-state index < -0.39 is 34.2 Å². The Labute approximate surface area is 202 Å². The van der Waals surface area contributed by atoms with Gasteiger partial charge < -0.3 is 0 Å². The number of anilines is 2. The predicted octanol–water partition coefficient (Wildman–Crippen LogP) is 4.98.